The second-order valence-corrected chi connectivity index (χ2v) is 4.39. The molecular formula is C13H19NO3. The van der Waals surface area contributed by atoms with E-state index in [0.717, 1.165) is 18.0 Å². The van der Waals surface area contributed by atoms with Gasteiger partial charge in [-0.05, 0) is 37.1 Å². The molecule has 2 N–H and O–H groups in total. The molecule has 0 saturated heterocycles. The molecule has 1 atom stereocenters. The summed E-state index contributed by atoms with van der Waals surface area (Å²) >= 11 is 0. The SMILES string of the molecule is Cc1cc2c(cc1CNC(C)CO)OCCO2. The first kappa shape index (κ1) is 12.2. The van der Waals surface area contributed by atoms with Crippen LogP contribution in [-0.2, 0) is 6.54 Å². The van der Waals surface area contributed by atoms with E-state index in [0.29, 0.717) is 13.2 Å². The molecule has 1 aromatic rings. The van der Waals surface area contributed by atoms with E-state index in [1.54, 1.807) is 0 Å². The molecule has 0 bridgehead atoms. The third-order valence-corrected chi connectivity index (χ3v) is 2.92. The predicted molar refractivity (Wildman–Crippen MR) is 65.6 cm³/mol. The predicted octanol–water partition coefficient (Wildman–Crippen LogP) is 1.24. The van der Waals surface area contributed by atoms with Crippen LogP contribution in [0.4, 0.5) is 0 Å². The molecule has 1 heterocycles. The number of aliphatic hydroxyl groups is 1. The number of aliphatic hydroxyl groups excluding tert-OH is 1. The molecule has 1 aliphatic rings. The molecule has 17 heavy (non-hydrogen) atoms. The lowest BCUT2D eigenvalue weighted by atomic mass is 10.1. The summed E-state index contributed by atoms with van der Waals surface area (Å²) < 4.78 is 11.1. The Bertz CT molecular complexity index is 392. The fraction of sp³-hybridized carbons (Fsp3) is 0.538. The van der Waals surface area contributed by atoms with Crippen molar-refractivity contribution in [2.75, 3.05) is 19.8 Å². The van der Waals surface area contributed by atoms with Crippen molar-refractivity contribution in [3.63, 3.8) is 0 Å². The number of nitrogens with one attached hydrogen (secondary N) is 1. The number of rotatable bonds is 4. The summed E-state index contributed by atoms with van der Waals surface area (Å²) in [5.74, 6) is 1.64. The monoisotopic (exact) mass is 237 g/mol. The fourth-order valence-corrected chi connectivity index (χ4v) is 1.77. The molecule has 0 radical (unpaired) electrons. The van der Waals surface area contributed by atoms with Crippen molar-refractivity contribution in [3.8, 4) is 11.5 Å². The molecule has 0 saturated carbocycles. The fourth-order valence-electron chi connectivity index (χ4n) is 1.77. The molecule has 4 heteroatoms. The minimum absolute atomic E-state index is 0.0996. The highest BCUT2D eigenvalue weighted by Crippen LogP contribution is 2.32. The van der Waals surface area contributed by atoms with Gasteiger partial charge < -0.3 is 19.9 Å². The molecule has 0 fully saturated rings. The van der Waals surface area contributed by atoms with Gasteiger partial charge in [0.15, 0.2) is 11.5 Å². The van der Waals surface area contributed by atoms with Gasteiger partial charge in [0.1, 0.15) is 13.2 Å². The van der Waals surface area contributed by atoms with Gasteiger partial charge in [-0.3, -0.25) is 0 Å². The summed E-state index contributed by atoms with van der Waals surface area (Å²) in [4.78, 5) is 0. The van der Waals surface area contributed by atoms with Crippen LogP contribution in [0.25, 0.3) is 0 Å². The first-order chi connectivity index (χ1) is 8.20. The number of ether oxygens (including phenoxy) is 2. The first-order valence-electron chi connectivity index (χ1n) is 5.94. The first-order valence-corrected chi connectivity index (χ1v) is 5.94. The van der Waals surface area contributed by atoms with E-state index < -0.39 is 0 Å². The molecule has 1 unspecified atom stereocenters. The van der Waals surface area contributed by atoms with E-state index in [1.807, 2.05) is 19.1 Å². The maximum Gasteiger partial charge on any atom is 0.161 e. The van der Waals surface area contributed by atoms with Crippen molar-refractivity contribution >= 4 is 0 Å². The van der Waals surface area contributed by atoms with Crippen molar-refractivity contribution in [2.45, 2.75) is 26.4 Å². The van der Waals surface area contributed by atoms with Gasteiger partial charge in [-0.2, -0.15) is 0 Å². The van der Waals surface area contributed by atoms with Crippen LogP contribution in [0.1, 0.15) is 18.1 Å². The summed E-state index contributed by atoms with van der Waals surface area (Å²) in [5, 5.41) is 12.2. The number of hydrogen-bond acceptors (Lipinski definition) is 4. The zero-order chi connectivity index (χ0) is 12.3. The summed E-state index contributed by atoms with van der Waals surface area (Å²) in [5.41, 5.74) is 2.35. The third kappa shape index (κ3) is 2.90. The minimum atomic E-state index is 0.0996. The Morgan fingerprint density at radius 1 is 1.29 bits per heavy atom. The van der Waals surface area contributed by atoms with E-state index in [-0.39, 0.29) is 12.6 Å². The molecule has 0 amide bonds. The van der Waals surface area contributed by atoms with Crippen LogP contribution in [0.15, 0.2) is 12.1 Å². The van der Waals surface area contributed by atoms with Gasteiger partial charge in [-0.1, -0.05) is 0 Å². The molecule has 1 aliphatic heterocycles. The second-order valence-electron chi connectivity index (χ2n) is 4.39. The normalized spacial score (nSPS) is 15.7. The van der Waals surface area contributed by atoms with E-state index in [4.69, 9.17) is 14.6 Å². The van der Waals surface area contributed by atoms with Crippen molar-refractivity contribution in [3.05, 3.63) is 23.3 Å². The molecule has 0 aliphatic carbocycles. The van der Waals surface area contributed by atoms with Crippen LogP contribution in [0.5, 0.6) is 11.5 Å². The van der Waals surface area contributed by atoms with Crippen LogP contribution >= 0.6 is 0 Å². The Morgan fingerprint density at radius 2 is 1.94 bits per heavy atom. The van der Waals surface area contributed by atoms with Gasteiger partial charge in [0.2, 0.25) is 0 Å². The average molecular weight is 237 g/mol. The highest BCUT2D eigenvalue weighted by atomic mass is 16.6. The van der Waals surface area contributed by atoms with Crippen LogP contribution < -0.4 is 14.8 Å². The number of hydrogen-bond donors (Lipinski definition) is 2. The van der Waals surface area contributed by atoms with Gasteiger partial charge >= 0.3 is 0 Å². The summed E-state index contributed by atoms with van der Waals surface area (Å²) in [6.07, 6.45) is 0. The number of benzene rings is 1. The quantitative estimate of drug-likeness (QED) is 0.827. The van der Waals surface area contributed by atoms with E-state index in [2.05, 4.69) is 12.2 Å². The lowest BCUT2D eigenvalue weighted by Crippen LogP contribution is -2.29. The highest BCUT2D eigenvalue weighted by Gasteiger charge is 2.14. The molecule has 0 spiro atoms. The Hall–Kier alpha value is -1.26. The highest BCUT2D eigenvalue weighted by molar-refractivity contribution is 5.47. The molecule has 4 nitrogen and oxygen atoms in total. The van der Waals surface area contributed by atoms with Gasteiger partial charge in [-0.25, -0.2) is 0 Å². The van der Waals surface area contributed by atoms with Crippen molar-refractivity contribution < 1.29 is 14.6 Å². The number of aryl methyl sites for hydroxylation is 1. The Balaban J connectivity index is 2.11. The molecule has 2 rings (SSSR count). The van der Waals surface area contributed by atoms with Gasteiger partial charge in [0, 0.05) is 12.6 Å². The third-order valence-electron chi connectivity index (χ3n) is 2.92. The zero-order valence-electron chi connectivity index (χ0n) is 10.3. The van der Waals surface area contributed by atoms with Crippen LogP contribution in [0.2, 0.25) is 0 Å². The van der Waals surface area contributed by atoms with Crippen LogP contribution in [0, 0.1) is 6.92 Å². The zero-order valence-corrected chi connectivity index (χ0v) is 10.3. The smallest absolute Gasteiger partial charge is 0.161 e. The standard InChI is InChI=1S/C13H19NO3/c1-9-5-12-13(17-4-3-16-12)6-11(9)7-14-10(2)8-15/h5-6,10,14-15H,3-4,7-8H2,1-2H3. The van der Waals surface area contributed by atoms with Crippen LogP contribution in [-0.4, -0.2) is 31.0 Å². The lowest BCUT2D eigenvalue weighted by Gasteiger charge is -2.21. The second kappa shape index (κ2) is 5.38. The van der Waals surface area contributed by atoms with Crippen molar-refractivity contribution in [1.29, 1.82) is 0 Å². The van der Waals surface area contributed by atoms with E-state index in [9.17, 15) is 0 Å². The summed E-state index contributed by atoms with van der Waals surface area (Å²) in [7, 11) is 0. The van der Waals surface area contributed by atoms with E-state index in [1.165, 1.54) is 11.1 Å². The van der Waals surface area contributed by atoms with Gasteiger partial charge in [0.25, 0.3) is 0 Å². The Morgan fingerprint density at radius 3 is 2.59 bits per heavy atom. The van der Waals surface area contributed by atoms with Crippen molar-refractivity contribution in [1.82, 2.24) is 5.32 Å². The lowest BCUT2D eigenvalue weighted by molar-refractivity contribution is 0.171. The minimum Gasteiger partial charge on any atom is -0.486 e. The maximum absolute atomic E-state index is 8.97. The Labute approximate surface area is 102 Å². The number of fused-ring (bicyclic) bond motifs is 1. The maximum atomic E-state index is 8.97. The molecular weight excluding hydrogens is 218 g/mol. The average Bonchev–Trinajstić information content (AvgIpc) is 2.35. The van der Waals surface area contributed by atoms with Gasteiger partial charge in [0.05, 0.1) is 6.61 Å². The largest absolute Gasteiger partial charge is 0.486 e. The van der Waals surface area contributed by atoms with Crippen LogP contribution in [0.3, 0.4) is 0 Å². The molecule has 94 valence electrons. The topological polar surface area (TPSA) is 50.7 Å². The summed E-state index contributed by atoms with van der Waals surface area (Å²) in [6, 6.07) is 4.12. The van der Waals surface area contributed by atoms with Gasteiger partial charge in [-0.15, -0.1) is 0 Å². The molecule has 0 aromatic heterocycles. The van der Waals surface area contributed by atoms with Crippen molar-refractivity contribution in [2.24, 2.45) is 0 Å². The molecule has 1 aromatic carbocycles. The Kier molecular flexibility index (Phi) is 3.86. The summed E-state index contributed by atoms with van der Waals surface area (Å²) in [6.45, 7) is 6.10. The van der Waals surface area contributed by atoms with E-state index >= 15 is 0 Å².